The average Bonchev–Trinajstić information content (AvgIpc) is 3.03. The van der Waals surface area contributed by atoms with Crippen molar-refractivity contribution in [1.82, 2.24) is 15.3 Å². The number of primary amides is 1. The molecule has 1 aromatic heterocycles. The number of carbonyl (C=O) groups is 2. The van der Waals surface area contributed by atoms with Gasteiger partial charge in [-0.1, -0.05) is 20.8 Å². The number of benzene rings is 1. The minimum absolute atomic E-state index is 0.131. The molecule has 0 bridgehead atoms. The number of amides is 2. The number of hydrogen-bond acceptors (Lipinski definition) is 4. The second-order valence-corrected chi connectivity index (χ2v) is 7.07. The summed E-state index contributed by atoms with van der Waals surface area (Å²) in [6.45, 7) is 5.93. The molecular formula is C18H24N4O3. The number of rotatable bonds is 6. The third-order valence-corrected chi connectivity index (χ3v) is 3.66. The van der Waals surface area contributed by atoms with Gasteiger partial charge in [0, 0.05) is 0 Å². The Morgan fingerprint density at radius 3 is 2.44 bits per heavy atom. The van der Waals surface area contributed by atoms with Gasteiger partial charge >= 0.3 is 0 Å². The van der Waals surface area contributed by atoms with E-state index in [0.29, 0.717) is 12.1 Å². The summed E-state index contributed by atoms with van der Waals surface area (Å²) in [6.07, 6.45) is 2.01. The van der Waals surface area contributed by atoms with Crippen LogP contribution in [0.2, 0.25) is 0 Å². The van der Waals surface area contributed by atoms with Crippen LogP contribution in [0, 0.1) is 5.41 Å². The number of aromatic amines is 1. The minimum Gasteiger partial charge on any atom is -0.497 e. The first-order valence-electron chi connectivity index (χ1n) is 7.99. The predicted octanol–water partition coefficient (Wildman–Crippen LogP) is 2.11. The molecular weight excluding hydrogens is 320 g/mol. The van der Waals surface area contributed by atoms with E-state index in [4.69, 9.17) is 10.5 Å². The molecule has 25 heavy (non-hydrogen) atoms. The summed E-state index contributed by atoms with van der Waals surface area (Å²) in [4.78, 5) is 31.0. The molecule has 7 heteroatoms. The fraction of sp³-hybridized carbons (Fsp3) is 0.389. The topological polar surface area (TPSA) is 110 Å². The summed E-state index contributed by atoms with van der Waals surface area (Å²) >= 11 is 0. The van der Waals surface area contributed by atoms with E-state index >= 15 is 0 Å². The van der Waals surface area contributed by atoms with Crippen molar-refractivity contribution in [1.29, 1.82) is 0 Å². The summed E-state index contributed by atoms with van der Waals surface area (Å²) < 4.78 is 5.12. The molecule has 0 radical (unpaired) electrons. The van der Waals surface area contributed by atoms with Crippen molar-refractivity contribution in [2.75, 3.05) is 7.11 Å². The maximum atomic E-state index is 12.4. The Balaban J connectivity index is 2.12. The SMILES string of the molecule is COc1ccc(-c2cnc(C(=O)N[C@@H](CC(C)(C)C)C(N)=O)[nH]2)cc1. The van der Waals surface area contributed by atoms with Gasteiger partial charge in [0.25, 0.3) is 5.91 Å². The van der Waals surface area contributed by atoms with Crippen LogP contribution in [0.4, 0.5) is 0 Å². The number of nitrogens with two attached hydrogens (primary N) is 1. The Hall–Kier alpha value is -2.83. The summed E-state index contributed by atoms with van der Waals surface area (Å²) in [5.41, 5.74) is 6.81. The standard InChI is InChI=1S/C18H24N4O3/c1-18(2,3)9-13(15(19)23)22-17(24)16-20-10-14(21-16)11-5-7-12(25-4)8-6-11/h5-8,10,13H,9H2,1-4H3,(H2,19,23)(H,20,21)(H,22,24)/t13-/m0/s1. The lowest BCUT2D eigenvalue weighted by atomic mass is 9.88. The van der Waals surface area contributed by atoms with Crippen molar-refractivity contribution in [3.8, 4) is 17.0 Å². The molecule has 7 nitrogen and oxygen atoms in total. The first-order valence-corrected chi connectivity index (χ1v) is 7.99. The molecule has 1 heterocycles. The van der Waals surface area contributed by atoms with E-state index in [1.165, 1.54) is 0 Å². The maximum Gasteiger partial charge on any atom is 0.287 e. The molecule has 4 N–H and O–H groups in total. The third kappa shape index (κ3) is 5.07. The number of hydrogen-bond donors (Lipinski definition) is 3. The van der Waals surface area contributed by atoms with Crippen LogP contribution in [-0.2, 0) is 4.79 Å². The lowest BCUT2D eigenvalue weighted by molar-refractivity contribution is -0.120. The second kappa shape index (κ2) is 7.38. The van der Waals surface area contributed by atoms with Gasteiger partial charge in [0.05, 0.1) is 19.0 Å². The molecule has 134 valence electrons. The molecule has 0 unspecified atom stereocenters. The summed E-state index contributed by atoms with van der Waals surface area (Å²) in [5.74, 6) is -0.156. The van der Waals surface area contributed by atoms with Crippen LogP contribution in [0.25, 0.3) is 11.3 Å². The predicted molar refractivity (Wildman–Crippen MR) is 95.1 cm³/mol. The normalized spacial score (nSPS) is 12.5. The van der Waals surface area contributed by atoms with Crippen LogP contribution in [0.15, 0.2) is 30.5 Å². The van der Waals surface area contributed by atoms with Gasteiger partial charge in [0.1, 0.15) is 11.8 Å². The van der Waals surface area contributed by atoms with Gasteiger partial charge in [0.2, 0.25) is 5.91 Å². The van der Waals surface area contributed by atoms with Crippen LogP contribution in [-0.4, -0.2) is 34.9 Å². The Labute approximate surface area is 147 Å². The number of ether oxygens (including phenoxy) is 1. The molecule has 0 saturated carbocycles. The zero-order chi connectivity index (χ0) is 18.6. The lowest BCUT2D eigenvalue weighted by Crippen LogP contribution is -2.46. The van der Waals surface area contributed by atoms with Crippen molar-refractivity contribution in [2.24, 2.45) is 11.1 Å². The Bertz CT molecular complexity index is 744. The number of H-pyrrole nitrogens is 1. The highest BCUT2D eigenvalue weighted by Gasteiger charge is 2.26. The molecule has 0 aliphatic heterocycles. The van der Waals surface area contributed by atoms with E-state index in [2.05, 4.69) is 15.3 Å². The van der Waals surface area contributed by atoms with Crippen molar-refractivity contribution in [2.45, 2.75) is 33.2 Å². The highest BCUT2D eigenvalue weighted by atomic mass is 16.5. The van der Waals surface area contributed by atoms with Gasteiger partial charge in [-0.15, -0.1) is 0 Å². The Kier molecular flexibility index (Phi) is 5.46. The van der Waals surface area contributed by atoms with E-state index in [1.54, 1.807) is 13.3 Å². The van der Waals surface area contributed by atoms with Gasteiger partial charge in [-0.05, 0) is 41.7 Å². The number of imidazole rings is 1. The molecule has 2 amide bonds. The van der Waals surface area contributed by atoms with E-state index in [0.717, 1.165) is 11.3 Å². The van der Waals surface area contributed by atoms with Crippen molar-refractivity contribution >= 4 is 11.8 Å². The molecule has 2 aromatic rings. The summed E-state index contributed by atoms with van der Waals surface area (Å²) in [6, 6.07) is 6.62. The van der Waals surface area contributed by atoms with Crippen LogP contribution < -0.4 is 15.8 Å². The van der Waals surface area contributed by atoms with Gasteiger partial charge in [0.15, 0.2) is 5.82 Å². The molecule has 0 aliphatic carbocycles. The van der Waals surface area contributed by atoms with E-state index < -0.39 is 17.9 Å². The van der Waals surface area contributed by atoms with Gasteiger partial charge in [-0.2, -0.15) is 0 Å². The maximum absolute atomic E-state index is 12.4. The highest BCUT2D eigenvalue weighted by molar-refractivity contribution is 5.95. The largest absolute Gasteiger partial charge is 0.497 e. The van der Waals surface area contributed by atoms with Gasteiger partial charge in [-0.3, -0.25) is 9.59 Å². The van der Waals surface area contributed by atoms with Gasteiger partial charge < -0.3 is 20.8 Å². The van der Waals surface area contributed by atoms with Crippen LogP contribution in [0.1, 0.15) is 37.8 Å². The number of aromatic nitrogens is 2. The third-order valence-electron chi connectivity index (χ3n) is 3.66. The fourth-order valence-electron chi connectivity index (χ4n) is 2.42. The van der Waals surface area contributed by atoms with Crippen LogP contribution >= 0.6 is 0 Å². The molecule has 0 aliphatic rings. The van der Waals surface area contributed by atoms with Crippen molar-refractivity contribution in [3.05, 3.63) is 36.3 Å². The summed E-state index contributed by atoms with van der Waals surface area (Å²) in [7, 11) is 1.60. The molecule has 1 aromatic carbocycles. The van der Waals surface area contributed by atoms with Crippen LogP contribution in [0.5, 0.6) is 5.75 Å². The molecule has 0 fully saturated rings. The fourth-order valence-corrected chi connectivity index (χ4v) is 2.42. The number of carbonyl (C=O) groups excluding carboxylic acids is 2. The van der Waals surface area contributed by atoms with Crippen LogP contribution in [0.3, 0.4) is 0 Å². The first-order chi connectivity index (χ1) is 11.7. The van der Waals surface area contributed by atoms with E-state index in [9.17, 15) is 9.59 Å². The Morgan fingerprint density at radius 2 is 1.92 bits per heavy atom. The smallest absolute Gasteiger partial charge is 0.287 e. The first kappa shape index (κ1) is 18.5. The number of nitrogens with one attached hydrogen (secondary N) is 2. The van der Waals surface area contributed by atoms with Crippen molar-refractivity contribution in [3.63, 3.8) is 0 Å². The quantitative estimate of drug-likeness (QED) is 0.745. The van der Waals surface area contributed by atoms with E-state index in [-0.39, 0.29) is 11.2 Å². The molecule has 2 rings (SSSR count). The zero-order valence-electron chi connectivity index (χ0n) is 14.9. The lowest BCUT2D eigenvalue weighted by Gasteiger charge is -2.24. The molecule has 0 saturated heterocycles. The molecule has 0 spiro atoms. The van der Waals surface area contributed by atoms with Crippen molar-refractivity contribution < 1.29 is 14.3 Å². The highest BCUT2D eigenvalue weighted by Crippen LogP contribution is 2.22. The second-order valence-electron chi connectivity index (χ2n) is 7.07. The zero-order valence-corrected chi connectivity index (χ0v) is 14.9. The number of methoxy groups -OCH3 is 1. The Morgan fingerprint density at radius 1 is 1.28 bits per heavy atom. The summed E-state index contributed by atoms with van der Waals surface area (Å²) in [5, 5.41) is 2.65. The minimum atomic E-state index is -0.748. The van der Waals surface area contributed by atoms with E-state index in [1.807, 2.05) is 45.0 Å². The average molecular weight is 344 g/mol. The van der Waals surface area contributed by atoms with Gasteiger partial charge in [-0.25, -0.2) is 4.98 Å². The monoisotopic (exact) mass is 344 g/mol. The number of nitrogens with zero attached hydrogens (tertiary/aromatic N) is 1. The molecule has 1 atom stereocenters.